The molecular formula is C12H14O3. The van der Waals surface area contributed by atoms with Gasteiger partial charge in [-0.25, -0.2) is 4.79 Å². The number of benzene rings is 1. The number of rotatable bonds is 4. The van der Waals surface area contributed by atoms with Crippen LogP contribution >= 0.6 is 0 Å². The first kappa shape index (κ1) is 11.3. The fraction of sp³-hybridized carbons (Fsp3) is 0.250. The van der Waals surface area contributed by atoms with Gasteiger partial charge in [0.15, 0.2) is 0 Å². The number of aryl methyl sites for hydroxylation is 1. The number of hydrogen-bond donors (Lipinski definition) is 1. The van der Waals surface area contributed by atoms with E-state index in [1.807, 2.05) is 25.1 Å². The molecule has 0 saturated carbocycles. The van der Waals surface area contributed by atoms with Crippen LogP contribution in [0, 0.1) is 0 Å². The first-order valence-electron chi connectivity index (χ1n) is 4.75. The molecule has 0 aromatic heterocycles. The summed E-state index contributed by atoms with van der Waals surface area (Å²) in [5.74, 6) is -0.154. The molecule has 0 unspecified atom stereocenters. The number of ether oxygens (including phenoxy) is 1. The SMILES string of the molecule is CCc1ccc(C=CC(=O)O)cc1OC. The highest BCUT2D eigenvalue weighted by Crippen LogP contribution is 2.21. The molecule has 0 spiro atoms. The van der Waals surface area contributed by atoms with Crippen LogP contribution in [0.3, 0.4) is 0 Å². The summed E-state index contributed by atoms with van der Waals surface area (Å²) < 4.78 is 5.20. The second kappa shape index (κ2) is 5.20. The summed E-state index contributed by atoms with van der Waals surface area (Å²) in [5.41, 5.74) is 1.94. The Balaban J connectivity index is 2.97. The summed E-state index contributed by atoms with van der Waals surface area (Å²) in [6, 6.07) is 5.65. The number of methoxy groups -OCH3 is 1. The van der Waals surface area contributed by atoms with E-state index in [0.717, 1.165) is 29.4 Å². The summed E-state index contributed by atoms with van der Waals surface area (Å²) >= 11 is 0. The Morgan fingerprint density at radius 1 is 1.53 bits per heavy atom. The zero-order chi connectivity index (χ0) is 11.3. The molecule has 0 saturated heterocycles. The van der Waals surface area contributed by atoms with Gasteiger partial charge in [-0.15, -0.1) is 0 Å². The van der Waals surface area contributed by atoms with Crippen LogP contribution in [0.15, 0.2) is 24.3 Å². The Hall–Kier alpha value is -1.77. The van der Waals surface area contributed by atoms with Crippen LogP contribution < -0.4 is 4.74 Å². The number of carboxylic acid groups (broad SMARTS) is 1. The lowest BCUT2D eigenvalue weighted by molar-refractivity contribution is -0.131. The normalized spacial score (nSPS) is 10.5. The summed E-state index contributed by atoms with van der Waals surface area (Å²) in [6.45, 7) is 2.05. The fourth-order valence-electron chi connectivity index (χ4n) is 1.32. The van der Waals surface area contributed by atoms with Gasteiger partial charge in [0.05, 0.1) is 7.11 Å². The molecule has 0 aliphatic rings. The molecule has 0 atom stereocenters. The molecule has 0 aliphatic carbocycles. The maximum Gasteiger partial charge on any atom is 0.328 e. The molecule has 0 fully saturated rings. The van der Waals surface area contributed by atoms with Gasteiger partial charge in [-0.3, -0.25) is 0 Å². The Morgan fingerprint density at radius 3 is 2.80 bits per heavy atom. The molecule has 1 N–H and O–H groups in total. The van der Waals surface area contributed by atoms with Crippen molar-refractivity contribution in [3.8, 4) is 5.75 Å². The van der Waals surface area contributed by atoms with E-state index in [1.165, 1.54) is 0 Å². The van der Waals surface area contributed by atoms with E-state index in [2.05, 4.69) is 0 Å². The van der Waals surface area contributed by atoms with Crippen LogP contribution in [0.1, 0.15) is 18.1 Å². The minimum atomic E-state index is -0.950. The standard InChI is InChI=1S/C12H14O3/c1-3-10-6-4-9(5-7-12(13)14)8-11(10)15-2/h4-8H,3H2,1-2H3,(H,13,14). The minimum Gasteiger partial charge on any atom is -0.496 e. The zero-order valence-electron chi connectivity index (χ0n) is 8.86. The van der Waals surface area contributed by atoms with Crippen LogP contribution in [-0.2, 0) is 11.2 Å². The quantitative estimate of drug-likeness (QED) is 0.769. The molecule has 1 aromatic rings. The Bertz CT molecular complexity index is 380. The van der Waals surface area contributed by atoms with Crippen molar-refractivity contribution in [1.29, 1.82) is 0 Å². The highest BCUT2D eigenvalue weighted by Gasteiger charge is 2.00. The third-order valence-corrected chi connectivity index (χ3v) is 2.11. The van der Waals surface area contributed by atoms with Gasteiger partial charge < -0.3 is 9.84 Å². The molecule has 0 radical (unpaired) electrons. The van der Waals surface area contributed by atoms with Crippen LogP contribution in [0.25, 0.3) is 6.08 Å². The molecular weight excluding hydrogens is 192 g/mol. The maximum absolute atomic E-state index is 10.3. The van der Waals surface area contributed by atoms with Crippen molar-refractivity contribution >= 4 is 12.0 Å². The third kappa shape index (κ3) is 3.13. The van der Waals surface area contributed by atoms with Gasteiger partial charge in [0, 0.05) is 6.08 Å². The Labute approximate surface area is 89.0 Å². The first-order chi connectivity index (χ1) is 7.17. The molecule has 3 nitrogen and oxygen atoms in total. The summed E-state index contributed by atoms with van der Waals surface area (Å²) in [7, 11) is 1.61. The largest absolute Gasteiger partial charge is 0.496 e. The molecule has 1 rings (SSSR count). The highest BCUT2D eigenvalue weighted by atomic mass is 16.5. The molecule has 15 heavy (non-hydrogen) atoms. The molecule has 0 bridgehead atoms. The summed E-state index contributed by atoms with van der Waals surface area (Å²) in [4.78, 5) is 10.3. The van der Waals surface area contributed by atoms with E-state index in [1.54, 1.807) is 13.2 Å². The molecule has 0 aliphatic heterocycles. The number of hydrogen-bond acceptors (Lipinski definition) is 2. The fourth-order valence-corrected chi connectivity index (χ4v) is 1.32. The lowest BCUT2D eigenvalue weighted by Gasteiger charge is -2.06. The van der Waals surface area contributed by atoms with Gasteiger partial charge in [0.2, 0.25) is 0 Å². The molecule has 80 valence electrons. The molecule has 0 amide bonds. The lowest BCUT2D eigenvalue weighted by atomic mass is 10.1. The lowest BCUT2D eigenvalue weighted by Crippen LogP contribution is -1.91. The van der Waals surface area contributed by atoms with E-state index in [4.69, 9.17) is 9.84 Å². The highest BCUT2D eigenvalue weighted by molar-refractivity contribution is 5.85. The van der Waals surface area contributed by atoms with E-state index in [0.29, 0.717) is 0 Å². The third-order valence-electron chi connectivity index (χ3n) is 2.11. The van der Waals surface area contributed by atoms with Crippen molar-refractivity contribution in [3.05, 3.63) is 35.4 Å². The second-order valence-electron chi connectivity index (χ2n) is 3.10. The van der Waals surface area contributed by atoms with Crippen molar-refractivity contribution in [3.63, 3.8) is 0 Å². The minimum absolute atomic E-state index is 0.796. The number of carboxylic acids is 1. The van der Waals surface area contributed by atoms with Crippen LogP contribution in [0.5, 0.6) is 5.75 Å². The van der Waals surface area contributed by atoms with Gasteiger partial charge in [-0.1, -0.05) is 19.1 Å². The number of carbonyl (C=O) groups is 1. The second-order valence-corrected chi connectivity index (χ2v) is 3.10. The van der Waals surface area contributed by atoms with Crippen LogP contribution in [-0.4, -0.2) is 18.2 Å². The van der Waals surface area contributed by atoms with Crippen LogP contribution in [0.4, 0.5) is 0 Å². The van der Waals surface area contributed by atoms with E-state index in [9.17, 15) is 4.79 Å². The first-order valence-corrected chi connectivity index (χ1v) is 4.75. The monoisotopic (exact) mass is 206 g/mol. The Morgan fingerprint density at radius 2 is 2.27 bits per heavy atom. The van der Waals surface area contributed by atoms with E-state index < -0.39 is 5.97 Å². The number of aliphatic carboxylic acids is 1. The van der Waals surface area contributed by atoms with E-state index in [-0.39, 0.29) is 0 Å². The summed E-state index contributed by atoms with van der Waals surface area (Å²) in [5, 5.41) is 8.48. The van der Waals surface area contributed by atoms with Crippen molar-refractivity contribution in [2.45, 2.75) is 13.3 Å². The van der Waals surface area contributed by atoms with Gasteiger partial charge in [-0.05, 0) is 29.7 Å². The molecule has 3 heteroatoms. The zero-order valence-corrected chi connectivity index (χ0v) is 8.86. The van der Waals surface area contributed by atoms with Crippen molar-refractivity contribution < 1.29 is 14.6 Å². The van der Waals surface area contributed by atoms with Gasteiger partial charge in [0.1, 0.15) is 5.75 Å². The Kier molecular flexibility index (Phi) is 3.92. The average molecular weight is 206 g/mol. The smallest absolute Gasteiger partial charge is 0.328 e. The summed E-state index contributed by atoms with van der Waals surface area (Å²) in [6.07, 6.45) is 3.55. The van der Waals surface area contributed by atoms with Crippen molar-refractivity contribution in [1.82, 2.24) is 0 Å². The maximum atomic E-state index is 10.3. The molecule has 0 heterocycles. The van der Waals surface area contributed by atoms with Gasteiger partial charge in [-0.2, -0.15) is 0 Å². The van der Waals surface area contributed by atoms with Gasteiger partial charge >= 0.3 is 5.97 Å². The van der Waals surface area contributed by atoms with Crippen LogP contribution in [0.2, 0.25) is 0 Å². The van der Waals surface area contributed by atoms with E-state index >= 15 is 0 Å². The topological polar surface area (TPSA) is 46.5 Å². The average Bonchev–Trinajstić information content (AvgIpc) is 2.25. The van der Waals surface area contributed by atoms with Gasteiger partial charge in [0.25, 0.3) is 0 Å². The predicted molar refractivity (Wildman–Crippen MR) is 59.0 cm³/mol. The molecule has 1 aromatic carbocycles. The van der Waals surface area contributed by atoms with Crippen molar-refractivity contribution in [2.24, 2.45) is 0 Å². The van der Waals surface area contributed by atoms with Crippen molar-refractivity contribution in [2.75, 3.05) is 7.11 Å². The predicted octanol–water partition coefficient (Wildman–Crippen LogP) is 2.36.